The number of allylic oxidation sites excluding steroid dienone is 4. The number of hydrogen-bond donors (Lipinski definition) is 1. The Morgan fingerprint density at radius 2 is 1.10 bits per heavy atom. The monoisotopic (exact) mass is 723 g/mol. The molecule has 0 saturated carbocycles. The van der Waals surface area contributed by atoms with Crippen LogP contribution in [0.5, 0.6) is 0 Å². The smallest absolute Gasteiger partial charge is 0.362 e. The number of aliphatic carboxylic acids is 1. The highest BCUT2D eigenvalue weighted by molar-refractivity contribution is 5.72. The molecule has 0 bridgehead atoms. The third-order valence-corrected chi connectivity index (χ3v) is 9.37. The molecule has 0 spiro atoms. The highest BCUT2D eigenvalue weighted by Gasteiger charge is 2.31. The van der Waals surface area contributed by atoms with Crippen molar-refractivity contribution < 1.29 is 38.2 Å². The lowest BCUT2D eigenvalue weighted by Gasteiger charge is -2.31. The van der Waals surface area contributed by atoms with E-state index in [2.05, 4.69) is 38.2 Å². The number of rotatable bonds is 37. The fourth-order valence-electron chi connectivity index (χ4n) is 6.13. The molecule has 0 saturated heterocycles. The van der Waals surface area contributed by atoms with Gasteiger partial charge in [-0.15, -0.1) is 0 Å². The van der Waals surface area contributed by atoms with Gasteiger partial charge >= 0.3 is 17.9 Å². The quantitative estimate of drug-likeness (QED) is 0.0295. The summed E-state index contributed by atoms with van der Waals surface area (Å²) in [6, 6.07) is -0.613. The highest BCUT2D eigenvalue weighted by Crippen LogP contribution is 2.15. The lowest BCUT2D eigenvalue weighted by atomic mass is 10.0. The van der Waals surface area contributed by atoms with E-state index in [0.717, 1.165) is 70.6 Å². The first-order chi connectivity index (χ1) is 24.6. The van der Waals surface area contributed by atoms with Crippen molar-refractivity contribution in [3.8, 4) is 0 Å². The van der Waals surface area contributed by atoms with Crippen LogP contribution in [0.2, 0.25) is 0 Å². The van der Waals surface area contributed by atoms with E-state index in [-0.39, 0.29) is 36.2 Å². The van der Waals surface area contributed by atoms with Crippen LogP contribution in [0, 0.1) is 0 Å². The number of hydrogen-bond acceptors (Lipinski definition) is 6. The molecule has 0 amide bonds. The zero-order chi connectivity index (χ0) is 37.8. The second kappa shape index (κ2) is 34.9. The molecule has 0 aromatic rings. The summed E-state index contributed by atoms with van der Waals surface area (Å²) in [5.41, 5.74) is 0. The van der Waals surface area contributed by atoms with Gasteiger partial charge in [-0.3, -0.25) is 9.59 Å². The molecule has 0 heterocycles. The van der Waals surface area contributed by atoms with Crippen LogP contribution in [0.1, 0.15) is 181 Å². The number of unbranched alkanes of at least 4 members (excludes halogenated alkanes) is 19. The van der Waals surface area contributed by atoms with Gasteiger partial charge in [0.1, 0.15) is 6.61 Å². The van der Waals surface area contributed by atoms with Crippen molar-refractivity contribution in [2.75, 3.05) is 41.0 Å². The zero-order valence-electron chi connectivity index (χ0n) is 33.8. The molecule has 0 aromatic carbocycles. The standard InChI is InChI=1S/C43H79NO7/c1-6-8-10-12-14-16-18-20-21-22-24-26-28-30-32-34-42(46)51-39(37-49-36-35-40(43(47)48)44(3,4)5)38-50-41(45)33-31-29-27-25-23-19-17-15-13-11-9-7-2/h9,11,15,17,39-40H,6-8,10,12-14,16,18-38H2,1-5H3/p+1/b11-9+,17-15+. The summed E-state index contributed by atoms with van der Waals surface area (Å²) >= 11 is 0. The minimum absolute atomic E-state index is 0.0547. The maximum absolute atomic E-state index is 12.7. The van der Waals surface area contributed by atoms with Gasteiger partial charge in [-0.2, -0.15) is 0 Å². The summed E-state index contributed by atoms with van der Waals surface area (Å²) in [7, 11) is 5.52. The normalized spacial score (nSPS) is 13.2. The van der Waals surface area contributed by atoms with E-state index in [9.17, 15) is 19.5 Å². The SMILES string of the molecule is CC/C=C/C/C=C/CCCCCCCC(=O)OCC(COCCC(C(=O)O)[N+](C)(C)C)OC(=O)CCCCCCCCCCCCCCCCC. The molecule has 0 aliphatic heterocycles. The molecule has 1 N–H and O–H groups in total. The number of quaternary nitrogens is 1. The Bertz CT molecular complexity index is 895. The molecule has 298 valence electrons. The molecule has 0 fully saturated rings. The first kappa shape index (κ1) is 48.8. The van der Waals surface area contributed by atoms with Gasteiger partial charge in [0.05, 0.1) is 34.4 Å². The summed E-state index contributed by atoms with van der Waals surface area (Å²) in [4.78, 5) is 36.9. The van der Waals surface area contributed by atoms with Crippen LogP contribution in [0.15, 0.2) is 24.3 Å². The largest absolute Gasteiger partial charge is 0.477 e. The van der Waals surface area contributed by atoms with Crippen LogP contribution in [-0.4, -0.2) is 80.6 Å². The Kier molecular flexibility index (Phi) is 33.4. The minimum Gasteiger partial charge on any atom is -0.477 e. The average Bonchev–Trinajstić information content (AvgIpc) is 3.08. The summed E-state index contributed by atoms with van der Waals surface area (Å²) in [5.74, 6) is -1.48. The number of carbonyl (C=O) groups is 3. The molecule has 8 nitrogen and oxygen atoms in total. The number of likely N-dealkylation sites (N-methyl/N-ethyl adjacent to an activating group) is 1. The van der Waals surface area contributed by atoms with Crippen LogP contribution in [0.25, 0.3) is 0 Å². The van der Waals surface area contributed by atoms with Gasteiger partial charge < -0.3 is 23.8 Å². The van der Waals surface area contributed by atoms with Gasteiger partial charge in [-0.05, 0) is 38.5 Å². The topological polar surface area (TPSA) is 99.1 Å². The number of nitrogens with zero attached hydrogens (tertiary/aromatic N) is 1. The number of carbonyl (C=O) groups excluding carboxylic acids is 2. The Morgan fingerprint density at radius 1 is 0.608 bits per heavy atom. The molecule has 51 heavy (non-hydrogen) atoms. The maximum atomic E-state index is 12.7. The number of carboxylic acid groups (broad SMARTS) is 1. The van der Waals surface area contributed by atoms with Gasteiger partial charge in [-0.25, -0.2) is 4.79 Å². The fraction of sp³-hybridized carbons (Fsp3) is 0.837. The van der Waals surface area contributed by atoms with Crippen LogP contribution >= 0.6 is 0 Å². The second-order valence-corrected chi connectivity index (χ2v) is 15.2. The van der Waals surface area contributed by atoms with Gasteiger partial charge in [0.25, 0.3) is 0 Å². The summed E-state index contributed by atoms with van der Waals surface area (Å²) in [5, 5.41) is 9.60. The Morgan fingerprint density at radius 3 is 1.61 bits per heavy atom. The van der Waals surface area contributed by atoms with E-state index in [0.29, 0.717) is 19.3 Å². The van der Waals surface area contributed by atoms with Gasteiger partial charge in [-0.1, -0.05) is 147 Å². The van der Waals surface area contributed by atoms with E-state index in [1.807, 2.05) is 21.1 Å². The van der Waals surface area contributed by atoms with Gasteiger partial charge in [0.15, 0.2) is 12.1 Å². The van der Waals surface area contributed by atoms with Crippen LogP contribution in [0.4, 0.5) is 0 Å². The van der Waals surface area contributed by atoms with Crippen molar-refractivity contribution in [3.05, 3.63) is 24.3 Å². The molecule has 0 aliphatic rings. The maximum Gasteiger partial charge on any atom is 0.362 e. The van der Waals surface area contributed by atoms with E-state index < -0.39 is 18.1 Å². The van der Waals surface area contributed by atoms with E-state index in [1.165, 1.54) is 77.0 Å². The predicted octanol–water partition coefficient (Wildman–Crippen LogP) is 10.9. The van der Waals surface area contributed by atoms with Crippen LogP contribution in [0.3, 0.4) is 0 Å². The molecular formula is C43H80NO7+. The fourth-order valence-corrected chi connectivity index (χ4v) is 6.13. The third kappa shape index (κ3) is 33.4. The molecule has 0 rings (SSSR count). The Balaban J connectivity index is 4.36. The average molecular weight is 723 g/mol. The molecule has 8 heteroatoms. The van der Waals surface area contributed by atoms with E-state index in [4.69, 9.17) is 14.2 Å². The molecule has 0 radical (unpaired) electrons. The first-order valence-corrected chi connectivity index (χ1v) is 20.9. The molecule has 0 aromatic heterocycles. The Hall–Kier alpha value is -2.19. The van der Waals surface area contributed by atoms with Crippen molar-refractivity contribution in [1.82, 2.24) is 0 Å². The first-order valence-electron chi connectivity index (χ1n) is 20.9. The molecule has 2 atom stereocenters. The lowest BCUT2D eigenvalue weighted by Crippen LogP contribution is -2.50. The molecular weight excluding hydrogens is 642 g/mol. The summed E-state index contributed by atoms with van der Waals surface area (Å²) in [6.07, 6.45) is 36.4. The minimum atomic E-state index is -0.876. The van der Waals surface area contributed by atoms with Crippen molar-refractivity contribution in [2.45, 2.75) is 193 Å². The number of esters is 2. The van der Waals surface area contributed by atoms with Crippen LogP contribution < -0.4 is 0 Å². The van der Waals surface area contributed by atoms with Crippen molar-refractivity contribution in [2.24, 2.45) is 0 Å². The lowest BCUT2D eigenvalue weighted by molar-refractivity contribution is -0.887. The number of carboxylic acids is 1. The summed E-state index contributed by atoms with van der Waals surface area (Å²) < 4.78 is 17.2. The van der Waals surface area contributed by atoms with Gasteiger partial charge in [0.2, 0.25) is 0 Å². The zero-order valence-corrected chi connectivity index (χ0v) is 33.8. The van der Waals surface area contributed by atoms with E-state index in [1.54, 1.807) is 0 Å². The van der Waals surface area contributed by atoms with Gasteiger partial charge in [0, 0.05) is 19.3 Å². The molecule has 2 unspecified atom stereocenters. The van der Waals surface area contributed by atoms with Crippen LogP contribution in [-0.2, 0) is 28.6 Å². The third-order valence-electron chi connectivity index (χ3n) is 9.37. The van der Waals surface area contributed by atoms with Crippen molar-refractivity contribution >= 4 is 17.9 Å². The highest BCUT2D eigenvalue weighted by atomic mass is 16.6. The second-order valence-electron chi connectivity index (χ2n) is 15.2. The number of ether oxygens (including phenoxy) is 3. The van der Waals surface area contributed by atoms with Crippen molar-refractivity contribution in [1.29, 1.82) is 0 Å². The van der Waals surface area contributed by atoms with Crippen molar-refractivity contribution in [3.63, 3.8) is 0 Å². The Labute approximate surface area is 313 Å². The molecule has 0 aliphatic carbocycles. The predicted molar refractivity (Wildman–Crippen MR) is 211 cm³/mol. The van der Waals surface area contributed by atoms with E-state index >= 15 is 0 Å². The summed E-state index contributed by atoms with van der Waals surface area (Å²) in [6.45, 7) is 4.62.